The van der Waals surface area contributed by atoms with Crippen LogP contribution < -0.4 is 5.73 Å². The van der Waals surface area contributed by atoms with Gasteiger partial charge in [0.2, 0.25) is 0 Å². The Labute approximate surface area is 92.9 Å². The molecule has 0 unspecified atom stereocenters. The number of halogens is 1. The summed E-state index contributed by atoms with van der Waals surface area (Å²) in [6, 6.07) is 6.75. The fourth-order valence-corrected chi connectivity index (χ4v) is 1.57. The molecule has 0 aliphatic heterocycles. The van der Waals surface area contributed by atoms with E-state index in [0.29, 0.717) is 25.1 Å². The Morgan fingerprint density at radius 3 is 2.88 bits per heavy atom. The van der Waals surface area contributed by atoms with Gasteiger partial charge in [0.05, 0.1) is 6.54 Å². The summed E-state index contributed by atoms with van der Waals surface area (Å²) in [7, 11) is 0. The summed E-state index contributed by atoms with van der Waals surface area (Å²) < 4.78 is 15.2. The number of hydrogen-bond acceptors (Lipinski definition) is 3. The van der Waals surface area contributed by atoms with Crippen LogP contribution in [0, 0.1) is 5.82 Å². The Bertz CT molecular complexity index is 467. The number of hydrogen-bond donors (Lipinski definition) is 1. The van der Waals surface area contributed by atoms with E-state index in [1.54, 1.807) is 18.5 Å². The van der Waals surface area contributed by atoms with Gasteiger partial charge in [-0.15, -0.1) is 10.2 Å². The van der Waals surface area contributed by atoms with Gasteiger partial charge in [-0.1, -0.05) is 18.2 Å². The van der Waals surface area contributed by atoms with Crippen LogP contribution in [-0.2, 0) is 19.5 Å². The molecule has 0 fully saturated rings. The molecule has 2 N–H and O–H groups in total. The van der Waals surface area contributed by atoms with Gasteiger partial charge in [-0.3, -0.25) is 0 Å². The number of aryl methyl sites for hydroxylation is 2. The van der Waals surface area contributed by atoms with E-state index in [4.69, 9.17) is 5.73 Å². The van der Waals surface area contributed by atoms with Crippen LogP contribution in [0.2, 0.25) is 0 Å². The summed E-state index contributed by atoms with van der Waals surface area (Å²) in [4.78, 5) is 0. The van der Waals surface area contributed by atoms with E-state index in [9.17, 15) is 4.39 Å². The van der Waals surface area contributed by atoms with E-state index in [-0.39, 0.29) is 5.82 Å². The van der Waals surface area contributed by atoms with E-state index >= 15 is 0 Å². The molecule has 0 spiro atoms. The van der Waals surface area contributed by atoms with Gasteiger partial charge in [0.15, 0.2) is 0 Å². The third kappa shape index (κ3) is 2.25. The average molecular weight is 220 g/mol. The monoisotopic (exact) mass is 220 g/mol. The molecule has 1 heterocycles. The smallest absolute Gasteiger partial charge is 0.146 e. The SMILES string of the molecule is NCc1nncn1CCc1ccccc1F. The van der Waals surface area contributed by atoms with Crippen LogP contribution in [0.1, 0.15) is 11.4 Å². The van der Waals surface area contributed by atoms with Gasteiger partial charge in [-0.05, 0) is 18.1 Å². The van der Waals surface area contributed by atoms with Crippen molar-refractivity contribution < 1.29 is 4.39 Å². The van der Waals surface area contributed by atoms with Crippen molar-refractivity contribution in [2.45, 2.75) is 19.5 Å². The van der Waals surface area contributed by atoms with Crippen molar-refractivity contribution in [1.82, 2.24) is 14.8 Å². The lowest BCUT2D eigenvalue weighted by atomic mass is 10.1. The van der Waals surface area contributed by atoms with E-state index in [2.05, 4.69) is 10.2 Å². The molecule has 0 amide bonds. The molecule has 4 nitrogen and oxygen atoms in total. The molecule has 0 radical (unpaired) electrons. The first kappa shape index (κ1) is 10.8. The van der Waals surface area contributed by atoms with Crippen LogP contribution in [0.15, 0.2) is 30.6 Å². The Hall–Kier alpha value is -1.75. The van der Waals surface area contributed by atoms with E-state index in [1.807, 2.05) is 10.6 Å². The van der Waals surface area contributed by atoms with E-state index in [0.717, 1.165) is 5.82 Å². The highest BCUT2D eigenvalue weighted by Gasteiger charge is 2.04. The summed E-state index contributed by atoms with van der Waals surface area (Å²) in [5, 5.41) is 7.63. The minimum absolute atomic E-state index is 0.176. The quantitative estimate of drug-likeness (QED) is 0.840. The lowest BCUT2D eigenvalue weighted by Crippen LogP contribution is -2.09. The van der Waals surface area contributed by atoms with Crippen molar-refractivity contribution in [2.75, 3.05) is 0 Å². The minimum Gasteiger partial charge on any atom is -0.324 e. The molecule has 0 bridgehead atoms. The van der Waals surface area contributed by atoms with Gasteiger partial charge in [0, 0.05) is 6.54 Å². The maximum atomic E-state index is 13.3. The standard InChI is InChI=1S/C11H13FN4/c12-10-4-2-1-3-9(10)5-6-16-8-14-15-11(16)7-13/h1-4,8H,5-7,13H2. The molecule has 0 saturated carbocycles. The Kier molecular flexibility index (Phi) is 3.26. The second-order valence-electron chi connectivity index (χ2n) is 3.49. The molecular weight excluding hydrogens is 207 g/mol. The normalized spacial score (nSPS) is 10.6. The van der Waals surface area contributed by atoms with Crippen LogP contribution in [0.3, 0.4) is 0 Å². The Morgan fingerprint density at radius 2 is 2.12 bits per heavy atom. The van der Waals surface area contributed by atoms with Gasteiger partial charge < -0.3 is 10.3 Å². The van der Waals surface area contributed by atoms with Crippen LogP contribution in [-0.4, -0.2) is 14.8 Å². The second-order valence-corrected chi connectivity index (χ2v) is 3.49. The molecule has 2 rings (SSSR count). The van der Waals surface area contributed by atoms with Crippen molar-refractivity contribution in [1.29, 1.82) is 0 Å². The third-order valence-corrected chi connectivity index (χ3v) is 2.46. The first-order valence-electron chi connectivity index (χ1n) is 5.11. The molecule has 16 heavy (non-hydrogen) atoms. The first-order chi connectivity index (χ1) is 7.81. The van der Waals surface area contributed by atoms with Crippen LogP contribution >= 0.6 is 0 Å². The highest BCUT2D eigenvalue weighted by molar-refractivity contribution is 5.17. The predicted octanol–water partition coefficient (Wildman–Crippen LogP) is 1.12. The zero-order valence-corrected chi connectivity index (χ0v) is 8.81. The minimum atomic E-state index is -0.176. The summed E-state index contributed by atoms with van der Waals surface area (Å²) in [5.74, 6) is 0.543. The number of nitrogens with two attached hydrogens (primary N) is 1. The fraction of sp³-hybridized carbons (Fsp3) is 0.273. The zero-order valence-electron chi connectivity index (χ0n) is 8.81. The molecule has 1 aromatic carbocycles. The van der Waals surface area contributed by atoms with Gasteiger partial charge in [-0.25, -0.2) is 4.39 Å². The molecular formula is C11H13FN4. The van der Waals surface area contributed by atoms with Crippen LogP contribution in [0.25, 0.3) is 0 Å². The highest BCUT2D eigenvalue weighted by Crippen LogP contribution is 2.08. The van der Waals surface area contributed by atoms with E-state index < -0.39 is 0 Å². The van der Waals surface area contributed by atoms with E-state index in [1.165, 1.54) is 6.07 Å². The number of aromatic nitrogens is 3. The van der Waals surface area contributed by atoms with Gasteiger partial charge in [0.1, 0.15) is 18.0 Å². The van der Waals surface area contributed by atoms with Crippen LogP contribution in [0.5, 0.6) is 0 Å². The number of benzene rings is 1. The van der Waals surface area contributed by atoms with Gasteiger partial charge in [-0.2, -0.15) is 0 Å². The summed E-state index contributed by atoms with van der Waals surface area (Å²) in [6.07, 6.45) is 2.22. The Balaban J connectivity index is 2.05. The molecule has 84 valence electrons. The van der Waals surface area contributed by atoms with Crippen molar-refractivity contribution in [3.8, 4) is 0 Å². The largest absolute Gasteiger partial charge is 0.324 e. The molecule has 0 aliphatic rings. The van der Waals surface area contributed by atoms with Crippen molar-refractivity contribution in [2.24, 2.45) is 5.73 Å². The van der Waals surface area contributed by atoms with Crippen molar-refractivity contribution in [3.05, 3.63) is 47.8 Å². The molecule has 1 aromatic heterocycles. The summed E-state index contributed by atoms with van der Waals surface area (Å²) in [6.45, 7) is 0.984. The first-order valence-corrected chi connectivity index (χ1v) is 5.11. The maximum Gasteiger partial charge on any atom is 0.146 e. The molecule has 0 aliphatic carbocycles. The summed E-state index contributed by atoms with van der Waals surface area (Å²) >= 11 is 0. The Morgan fingerprint density at radius 1 is 1.31 bits per heavy atom. The maximum absolute atomic E-state index is 13.3. The molecule has 0 saturated heterocycles. The second kappa shape index (κ2) is 4.85. The topological polar surface area (TPSA) is 56.7 Å². The zero-order chi connectivity index (χ0) is 11.4. The summed E-state index contributed by atoms with van der Waals surface area (Å²) in [5.41, 5.74) is 6.19. The fourth-order valence-electron chi connectivity index (χ4n) is 1.57. The number of rotatable bonds is 4. The van der Waals surface area contributed by atoms with Crippen molar-refractivity contribution in [3.63, 3.8) is 0 Å². The molecule has 2 aromatic rings. The number of nitrogens with zero attached hydrogens (tertiary/aromatic N) is 3. The van der Waals surface area contributed by atoms with Crippen LogP contribution in [0.4, 0.5) is 4.39 Å². The molecule has 0 atom stereocenters. The van der Waals surface area contributed by atoms with Crippen molar-refractivity contribution >= 4 is 0 Å². The lowest BCUT2D eigenvalue weighted by molar-refractivity contribution is 0.586. The highest BCUT2D eigenvalue weighted by atomic mass is 19.1. The van der Waals surface area contributed by atoms with Gasteiger partial charge in [0.25, 0.3) is 0 Å². The molecule has 5 heteroatoms. The van der Waals surface area contributed by atoms with Gasteiger partial charge >= 0.3 is 0 Å². The predicted molar refractivity (Wildman–Crippen MR) is 58.0 cm³/mol. The third-order valence-electron chi connectivity index (χ3n) is 2.46. The average Bonchev–Trinajstić information content (AvgIpc) is 2.75. The lowest BCUT2D eigenvalue weighted by Gasteiger charge is -2.05.